The van der Waals surface area contributed by atoms with E-state index in [-0.39, 0.29) is 0 Å². The molecule has 1 aliphatic heterocycles. The van der Waals surface area contributed by atoms with Gasteiger partial charge in [0.15, 0.2) is 0 Å². The Hall–Kier alpha value is -2.39. The number of hydrogen-bond acceptors (Lipinski definition) is 3. The van der Waals surface area contributed by atoms with Gasteiger partial charge in [0.05, 0.1) is 11.4 Å². The summed E-state index contributed by atoms with van der Waals surface area (Å²) in [6.45, 7) is 7.39. The van der Waals surface area contributed by atoms with Gasteiger partial charge in [0.1, 0.15) is 0 Å². The van der Waals surface area contributed by atoms with Gasteiger partial charge in [0.25, 0.3) is 0 Å². The maximum absolute atomic E-state index is 5.03. The fourth-order valence-corrected chi connectivity index (χ4v) is 3.37. The predicted octanol–water partition coefficient (Wildman–Crippen LogP) is 4.80. The van der Waals surface area contributed by atoms with Crippen molar-refractivity contribution in [3.8, 4) is 11.3 Å². The van der Waals surface area contributed by atoms with Crippen LogP contribution in [0.1, 0.15) is 19.5 Å². The first-order valence-electron chi connectivity index (χ1n) is 8.31. The lowest BCUT2D eigenvalue weighted by Gasteiger charge is -2.23. The second kappa shape index (κ2) is 5.67. The van der Waals surface area contributed by atoms with Gasteiger partial charge >= 0.3 is 0 Å². The first-order chi connectivity index (χ1) is 11.3. The Labute approximate surface area is 137 Å². The van der Waals surface area contributed by atoms with Gasteiger partial charge in [-0.05, 0) is 36.7 Å². The Morgan fingerprint density at radius 1 is 0.957 bits per heavy atom. The van der Waals surface area contributed by atoms with Crippen LogP contribution in [-0.2, 0) is 6.54 Å². The van der Waals surface area contributed by atoms with Gasteiger partial charge in [-0.2, -0.15) is 0 Å². The van der Waals surface area contributed by atoms with Gasteiger partial charge in [-0.25, -0.2) is 0 Å². The molecule has 1 N–H and O–H groups in total. The number of rotatable bonds is 4. The first kappa shape index (κ1) is 14.2. The standard InChI is InChI=1S/C20H21N3/c1-3-23(4-2)13-15-12-14-8-7-11-18-19(14)20(21-15)16-9-5-6-10-17(16)22-18/h5-12,22H,3-4,13H2,1-2H3. The van der Waals surface area contributed by atoms with Crippen LogP contribution in [0, 0.1) is 0 Å². The Morgan fingerprint density at radius 3 is 2.57 bits per heavy atom. The molecule has 1 aromatic heterocycles. The molecular weight excluding hydrogens is 282 g/mol. The largest absolute Gasteiger partial charge is 0.354 e. The molecule has 3 aromatic rings. The van der Waals surface area contributed by atoms with Crippen molar-refractivity contribution in [2.75, 3.05) is 18.4 Å². The minimum absolute atomic E-state index is 0.899. The lowest BCUT2D eigenvalue weighted by atomic mass is 9.96. The summed E-state index contributed by atoms with van der Waals surface area (Å²) in [6.07, 6.45) is 0. The molecule has 0 amide bonds. The van der Waals surface area contributed by atoms with E-state index in [1.54, 1.807) is 0 Å². The van der Waals surface area contributed by atoms with Crippen LogP contribution in [0.5, 0.6) is 0 Å². The molecule has 23 heavy (non-hydrogen) atoms. The molecule has 2 aromatic carbocycles. The zero-order chi connectivity index (χ0) is 15.8. The first-order valence-corrected chi connectivity index (χ1v) is 8.31. The number of nitrogens with zero attached hydrogens (tertiary/aromatic N) is 2. The molecule has 0 unspecified atom stereocenters. The van der Waals surface area contributed by atoms with Crippen LogP contribution in [0.15, 0.2) is 48.5 Å². The highest BCUT2D eigenvalue weighted by atomic mass is 15.1. The number of anilines is 2. The quantitative estimate of drug-likeness (QED) is 0.587. The fourth-order valence-electron chi connectivity index (χ4n) is 3.37. The minimum Gasteiger partial charge on any atom is -0.354 e. The molecular formula is C20H21N3. The highest BCUT2D eigenvalue weighted by Crippen LogP contribution is 2.42. The van der Waals surface area contributed by atoms with Crippen molar-refractivity contribution in [3.63, 3.8) is 0 Å². The Balaban J connectivity index is 1.93. The summed E-state index contributed by atoms with van der Waals surface area (Å²) >= 11 is 0. The highest BCUT2D eigenvalue weighted by molar-refractivity contribution is 6.09. The monoisotopic (exact) mass is 303 g/mol. The summed E-state index contributed by atoms with van der Waals surface area (Å²) in [6, 6.07) is 17.1. The van der Waals surface area contributed by atoms with E-state index in [9.17, 15) is 0 Å². The summed E-state index contributed by atoms with van der Waals surface area (Å²) in [5.41, 5.74) is 5.73. The molecule has 116 valence electrons. The number of fused-ring (bicyclic) bond motifs is 2. The SMILES string of the molecule is CCN(CC)Cc1cc2cccc3c2c(n1)-c1ccccc1N3. The van der Waals surface area contributed by atoms with Gasteiger partial charge in [-0.1, -0.05) is 44.2 Å². The predicted molar refractivity (Wildman–Crippen MR) is 97.1 cm³/mol. The third-order valence-corrected chi connectivity index (χ3v) is 4.64. The number of hydrogen-bond donors (Lipinski definition) is 1. The maximum atomic E-state index is 5.03. The molecule has 3 heteroatoms. The number of para-hydroxylation sites is 1. The summed E-state index contributed by atoms with van der Waals surface area (Å²) in [5.74, 6) is 0. The maximum Gasteiger partial charge on any atom is 0.0826 e. The lowest BCUT2D eigenvalue weighted by molar-refractivity contribution is 0.292. The molecule has 4 rings (SSSR count). The van der Waals surface area contributed by atoms with Crippen LogP contribution in [0.4, 0.5) is 11.4 Å². The molecule has 0 spiro atoms. The lowest BCUT2D eigenvalue weighted by Crippen LogP contribution is -2.23. The van der Waals surface area contributed by atoms with Crippen molar-refractivity contribution in [1.29, 1.82) is 0 Å². The number of nitrogens with one attached hydrogen (secondary N) is 1. The Kier molecular flexibility index (Phi) is 3.50. The molecule has 0 fully saturated rings. The fraction of sp³-hybridized carbons (Fsp3) is 0.250. The van der Waals surface area contributed by atoms with Gasteiger partial charge in [0, 0.05) is 28.9 Å². The molecule has 3 nitrogen and oxygen atoms in total. The van der Waals surface area contributed by atoms with Crippen LogP contribution in [0.25, 0.3) is 22.0 Å². The van der Waals surface area contributed by atoms with Crippen molar-refractivity contribution < 1.29 is 0 Å². The van der Waals surface area contributed by atoms with E-state index in [2.05, 4.69) is 72.6 Å². The van der Waals surface area contributed by atoms with E-state index in [4.69, 9.17) is 4.98 Å². The molecule has 2 heterocycles. The van der Waals surface area contributed by atoms with Crippen LogP contribution in [-0.4, -0.2) is 23.0 Å². The van der Waals surface area contributed by atoms with Crippen LogP contribution in [0.3, 0.4) is 0 Å². The van der Waals surface area contributed by atoms with Crippen LogP contribution in [0.2, 0.25) is 0 Å². The zero-order valence-electron chi connectivity index (χ0n) is 13.6. The van der Waals surface area contributed by atoms with E-state index >= 15 is 0 Å². The third kappa shape index (κ3) is 2.37. The van der Waals surface area contributed by atoms with Crippen LogP contribution >= 0.6 is 0 Å². The number of benzene rings is 2. The van der Waals surface area contributed by atoms with Crippen molar-refractivity contribution in [2.45, 2.75) is 20.4 Å². The van der Waals surface area contributed by atoms with Gasteiger partial charge < -0.3 is 5.32 Å². The third-order valence-electron chi connectivity index (χ3n) is 4.64. The van der Waals surface area contributed by atoms with E-state index < -0.39 is 0 Å². The molecule has 1 aliphatic rings. The van der Waals surface area contributed by atoms with Crippen molar-refractivity contribution >= 4 is 22.1 Å². The topological polar surface area (TPSA) is 28.2 Å². The summed E-state index contributed by atoms with van der Waals surface area (Å²) in [4.78, 5) is 7.43. The molecule has 0 atom stereocenters. The molecule has 0 bridgehead atoms. The minimum atomic E-state index is 0.899. The Morgan fingerprint density at radius 2 is 1.74 bits per heavy atom. The van der Waals surface area contributed by atoms with Crippen LogP contribution < -0.4 is 5.32 Å². The number of pyridine rings is 1. The van der Waals surface area contributed by atoms with Crippen molar-refractivity contribution in [2.24, 2.45) is 0 Å². The second-order valence-electron chi connectivity index (χ2n) is 6.00. The van der Waals surface area contributed by atoms with Gasteiger partial charge in [-0.15, -0.1) is 0 Å². The molecule has 0 aliphatic carbocycles. The number of aromatic nitrogens is 1. The van der Waals surface area contributed by atoms with Gasteiger partial charge in [-0.3, -0.25) is 9.88 Å². The average Bonchev–Trinajstić information content (AvgIpc) is 2.60. The highest BCUT2D eigenvalue weighted by Gasteiger charge is 2.19. The Bertz CT molecular complexity index is 866. The smallest absolute Gasteiger partial charge is 0.0826 e. The summed E-state index contributed by atoms with van der Waals surface area (Å²) in [5, 5.41) is 6.03. The molecule has 0 saturated carbocycles. The van der Waals surface area contributed by atoms with Crippen molar-refractivity contribution in [3.05, 3.63) is 54.2 Å². The van der Waals surface area contributed by atoms with E-state index in [1.165, 1.54) is 16.3 Å². The van der Waals surface area contributed by atoms with E-state index in [1.807, 2.05) is 0 Å². The summed E-state index contributed by atoms with van der Waals surface area (Å²) in [7, 11) is 0. The molecule has 0 radical (unpaired) electrons. The van der Waals surface area contributed by atoms with E-state index in [0.29, 0.717) is 0 Å². The second-order valence-corrected chi connectivity index (χ2v) is 6.00. The van der Waals surface area contributed by atoms with Gasteiger partial charge in [0.2, 0.25) is 0 Å². The summed E-state index contributed by atoms with van der Waals surface area (Å²) < 4.78 is 0. The zero-order valence-corrected chi connectivity index (χ0v) is 13.6. The average molecular weight is 303 g/mol. The van der Waals surface area contributed by atoms with Crippen molar-refractivity contribution in [1.82, 2.24) is 9.88 Å². The normalized spacial score (nSPS) is 12.3. The van der Waals surface area contributed by atoms with E-state index in [0.717, 1.165) is 42.4 Å². The molecule has 0 saturated heterocycles.